The molecule has 1 aromatic heterocycles. The first-order chi connectivity index (χ1) is 8.00. The molecule has 0 radical (unpaired) electrons. The molecule has 0 unspecified atom stereocenters. The van der Waals surface area contributed by atoms with Crippen LogP contribution in [0.3, 0.4) is 0 Å². The Hall–Kier alpha value is -1.54. The molecule has 0 bridgehead atoms. The van der Waals surface area contributed by atoms with Crippen molar-refractivity contribution in [2.75, 3.05) is 20.3 Å². The highest BCUT2D eigenvalue weighted by atomic mass is 16.5. The number of methoxy groups -OCH3 is 1. The largest absolute Gasteiger partial charge is 0.479 e. The normalized spacial score (nSPS) is 11.7. The van der Waals surface area contributed by atoms with E-state index in [1.807, 2.05) is 0 Å². The summed E-state index contributed by atoms with van der Waals surface area (Å²) in [6.45, 7) is 4.04. The average molecular weight is 244 g/mol. The van der Waals surface area contributed by atoms with Gasteiger partial charge in [-0.2, -0.15) is 0 Å². The van der Waals surface area contributed by atoms with Crippen LogP contribution in [-0.4, -0.2) is 51.6 Å². The molecule has 8 nitrogen and oxygen atoms in total. The summed E-state index contributed by atoms with van der Waals surface area (Å²) in [5.74, 6) is -0.642. The molecule has 1 heterocycles. The highest BCUT2D eigenvalue weighted by molar-refractivity contribution is 5.75. The third-order valence-corrected chi connectivity index (χ3v) is 2.25. The number of tetrazole rings is 1. The lowest BCUT2D eigenvalue weighted by molar-refractivity contribution is -0.146. The van der Waals surface area contributed by atoms with Crippen LogP contribution in [0.25, 0.3) is 0 Å². The van der Waals surface area contributed by atoms with E-state index in [1.54, 1.807) is 7.11 Å². The number of nitrogens with zero attached hydrogens (tertiary/aromatic N) is 4. The number of hydrogen-bond donors (Lipinski definition) is 1. The molecule has 0 saturated carbocycles. The van der Waals surface area contributed by atoms with Gasteiger partial charge in [0.05, 0.1) is 13.2 Å². The molecule has 0 aromatic carbocycles. The molecule has 0 aliphatic carbocycles. The zero-order valence-corrected chi connectivity index (χ0v) is 10.1. The predicted octanol–water partition coefficient (Wildman–Crippen LogP) is -0.344. The summed E-state index contributed by atoms with van der Waals surface area (Å²) < 4.78 is 11.3. The molecule has 17 heavy (non-hydrogen) atoms. The fraction of sp³-hybridized carbons (Fsp3) is 0.778. The second-order valence-corrected chi connectivity index (χ2v) is 3.92. The van der Waals surface area contributed by atoms with Gasteiger partial charge in [0, 0.05) is 7.11 Å². The Morgan fingerprint density at radius 1 is 1.47 bits per heavy atom. The monoisotopic (exact) mass is 244 g/mol. The summed E-state index contributed by atoms with van der Waals surface area (Å²) in [7, 11) is 1.57. The van der Waals surface area contributed by atoms with Crippen molar-refractivity contribution in [3.05, 3.63) is 5.82 Å². The van der Waals surface area contributed by atoms with Gasteiger partial charge in [-0.05, 0) is 24.3 Å². The maximum absolute atomic E-state index is 11.1. The summed E-state index contributed by atoms with van der Waals surface area (Å²) >= 11 is 0. The van der Waals surface area contributed by atoms with Crippen LogP contribution in [0, 0.1) is 0 Å². The lowest BCUT2D eigenvalue weighted by Crippen LogP contribution is -2.38. The maximum atomic E-state index is 11.1. The first-order valence-corrected chi connectivity index (χ1v) is 5.08. The molecule has 0 amide bonds. The van der Waals surface area contributed by atoms with Gasteiger partial charge in [0.1, 0.15) is 6.61 Å². The van der Waals surface area contributed by atoms with E-state index in [1.165, 1.54) is 18.5 Å². The van der Waals surface area contributed by atoms with Crippen molar-refractivity contribution in [3.63, 3.8) is 0 Å². The van der Waals surface area contributed by atoms with Gasteiger partial charge in [0.15, 0.2) is 11.4 Å². The Bertz CT molecular complexity index is 377. The number of carboxylic acids is 1. The van der Waals surface area contributed by atoms with Gasteiger partial charge in [0.2, 0.25) is 0 Å². The van der Waals surface area contributed by atoms with E-state index in [4.69, 9.17) is 14.6 Å². The van der Waals surface area contributed by atoms with Crippen molar-refractivity contribution in [2.24, 2.45) is 0 Å². The molecule has 0 saturated heterocycles. The van der Waals surface area contributed by atoms with E-state index in [-0.39, 0.29) is 6.61 Å². The Morgan fingerprint density at radius 3 is 2.76 bits per heavy atom. The average Bonchev–Trinajstić information content (AvgIpc) is 2.73. The quantitative estimate of drug-likeness (QED) is 0.654. The molecule has 8 heteroatoms. The van der Waals surface area contributed by atoms with E-state index in [0.717, 1.165) is 0 Å². The van der Waals surface area contributed by atoms with Crippen LogP contribution in [-0.2, 0) is 26.4 Å². The summed E-state index contributed by atoms with van der Waals surface area (Å²) in [4.78, 5) is 11.1. The lowest BCUT2D eigenvalue weighted by Gasteiger charge is -2.20. The summed E-state index contributed by atoms with van der Waals surface area (Å²) in [6, 6.07) is 0. The van der Waals surface area contributed by atoms with Crippen molar-refractivity contribution in [1.82, 2.24) is 20.2 Å². The molecule has 0 spiro atoms. The van der Waals surface area contributed by atoms with Crippen LogP contribution in [0.1, 0.15) is 19.7 Å². The molecule has 1 aromatic rings. The van der Waals surface area contributed by atoms with Gasteiger partial charge in [-0.3, -0.25) is 0 Å². The predicted molar refractivity (Wildman–Crippen MR) is 56.3 cm³/mol. The smallest absolute Gasteiger partial charge is 0.331 e. The molecular weight excluding hydrogens is 228 g/mol. The first-order valence-electron chi connectivity index (χ1n) is 5.08. The second kappa shape index (κ2) is 5.69. The van der Waals surface area contributed by atoms with Gasteiger partial charge >= 0.3 is 5.97 Å². The van der Waals surface area contributed by atoms with E-state index in [9.17, 15) is 4.79 Å². The number of aliphatic carboxylic acids is 1. The van der Waals surface area contributed by atoms with Crippen LogP contribution in [0.2, 0.25) is 0 Å². The Balaban J connectivity index is 2.69. The van der Waals surface area contributed by atoms with E-state index < -0.39 is 11.5 Å². The molecule has 0 atom stereocenters. The Morgan fingerprint density at radius 2 is 2.18 bits per heavy atom. The van der Waals surface area contributed by atoms with E-state index in [2.05, 4.69) is 15.5 Å². The number of aromatic nitrogens is 4. The van der Waals surface area contributed by atoms with Crippen molar-refractivity contribution in [1.29, 1.82) is 0 Å². The molecule has 1 N–H and O–H groups in total. The number of carbonyl (C=O) groups is 1. The minimum atomic E-state index is -1.20. The number of hydrogen-bond acceptors (Lipinski definition) is 6. The standard InChI is InChI=1S/C9H16N4O4/c1-9(2,8(14)15)13-7(10-11-12-13)6-17-5-4-16-3/h4-6H2,1-3H3,(H,14,15). The number of carboxylic acid groups (broad SMARTS) is 1. The van der Waals surface area contributed by atoms with Gasteiger partial charge in [-0.25, -0.2) is 9.48 Å². The van der Waals surface area contributed by atoms with Crippen molar-refractivity contribution in [3.8, 4) is 0 Å². The Labute approximate surface area is 98.5 Å². The minimum Gasteiger partial charge on any atom is -0.479 e. The third-order valence-electron chi connectivity index (χ3n) is 2.25. The summed E-state index contributed by atoms with van der Waals surface area (Å²) in [5, 5.41) is 19.9. The summed E-state index contributed by atoms with van der Waals surface area (Å²) in [6.07, 6.45) is 0. The first kappa shape index (κ1) is 13.5. The van der Waals surface area contributed by atoms with Gasteiger partial charge in [-0.15, -0.1) is 5.10 Å². The second-order valence-electron chi connectivity index (χ2n) is 3.92. The fourth-order valence-electron chi connectivity index (χ4n) is 1.13. The van der Waals surface area contributed by atoms with Crippen LogP contribution in [0.4, 0.5) is 0 Å². The van der Waals surface area contributed by atoms with Crippen LogP contribution in [0.5, 0.6) is 0 Å². The number of rotatable bonds is 7. The molecule has 0 aliphatic rings. The van der Waals surface area contributed by atoms with Crippen LogP contribution in [0.15, 0.2) is 0 Å². The van der Waals surface area contributed by atoms with Gasteiger partial charge < -0.3 is 14.6 Å². The highest BCUT2D eigenvalue weighted by Gasteiger charge is 2.33. The number of ether oxygens (including phenoxy) is 2. The Kier molecular flexibility index (Phi) is 4.53. The minimum absolute atomic E-state index is 0.146. The van der Waals surface area contributed by atoms with Crippen LogP contribution >= 0.6 is 0 Å². The molecule has 1 rings (SSSR count). The van der Waals surface area contributed by atoms with Gasteiger partial charge in [0.25, 0.3) is 0 Å². The SMILES string of the molecule is COCCOCc1nnnn1C(C)(C)C(=O)O. The lowest BCUT2D eigenvalue weighted by atomic mass is 10.1. The van der Waals surface area contributed by atoms with Crippen molar-refractivity contribution < 1.29 is 19.4 Å². The van der Waals surface area contributed by atoms with Crippen molar-refractivity contribution in [2.45, 2.75) is 26.0 Å². The highest BCUT2D eigenvalue weighted by Crippen LogP contribution is 2.15. The third kappa shape index (κ3) is 3.21. The van der Waals surface area contributed by atoms with Gasteiger partial charge in [-0.1, -0.05) is 0 Å². The molecule has 96 valence electrons. The molecule has 0 aliphatic heterocycles. The topological polar surface area (TPSA) is 99.4 Å². The fourth-order valence-corrected chi connectivity index (χ4v) is 1.13. The maximum Gasteiger partial charge on any atom is 0.331 e. The van der Waals surface area contributed by atoms with Crippen LogP contribution < -0.4 is 0 Å². The molecular formula is C9H16N4O4. The van der Waals surface area contributed by atoms with Crippen molar-refractivity contribution >= 4 is 5.97 Å². The molecule has 0 fully saturated rings. The summed E-state index contributed by atoms with van der Waals surface area (Å²) in [5.41, 5.74) is -1.20. The zero-order chi connectivity index (χ0) is 12.9. The van der Waals surface area contributed by atoms with E-state index >= 15 is 0 Å². The van der Waals surface area contributed by atoms with E-state index in [0.29, 0.717) is 19.0 Å². The zero-order valence-electron chi connectivity index (χ0n) is 10.1.